The highest BCUT2D eigenvalue weighted by Crippen LogP contribution is 2.40. The topological polar surface area (TPSA) is 57.6 Å². The van der Waals surface area contributed by atoms with Crippen LogP contribution in [-0.2, 0) is 0 Å². The Morgan fingerprint density at radius 1 is 1.30 bits per heavy atom. The highest BCUT2D eigenvalue weighted by Gasteiger charge is 2.32. The maximum Gasteiger partial charge on any atom is 0.272 e. The van der Waals surface area contributed by atoms with E-state index in [1.807, 2.05) is 6.07 Å². The van der Waals surface area contributed by atoms with Gasteiger partial charge in [-0.15, -0.1) is 0 Å². The number of carbonyl (C=O) groups excluding carboxylic acids is 1. The molecule has 1 aliphatic rings. The summed E-state index contributed by atoms with van der Waals surface area (Å²) in [5.74, 6) is -0.277. The van der Waals surface area contributed by atoms with Gasteiger partial charge in [-0.05, 0) is 70.0 Å². The molecule has 3 rings (SSSR count). The van der Waals surface area contributed by atoms with E-state index in [4.69, 9.17) is 0 Å². The molecule has 0 spiro atoms. The van der Waals surface area contributed by atoms with Gasteiger partial charge in [0.05, 0.1) is 17.3 Å². The van der Waals surface area contributed by atoms with Crippen LogP contribution in [0.4, 0.5) is 5.69 Å². The van der Waals surface area contributed by atoms with Gasteiger partial charge in [0.2, 0.25) is 0 Å². The van der Waals surface area contributed by atoms with Crippen molar-refractivity contribution in [2.75, 3.05) is 4.90 Å². The second-order valence-corrected chi connectivity index (χ2v) is 7.66. The third kappa shape index (κ3) is 3.92. The van der Waals surface area contributed by atoms with Gasteiger partial charge in [0.1, 0.15) is 0 Å². The summed E-state index contributed by atoms with van der Waals surface area (Å²) in [7, 11) is 0. The summed E-state index contributed by atoms with van der Waals surface area (Å²) in [6, 6.07) is 10.1. The Hall–Kier alpha value is -2.95. The normalized spacial score (nSPS) is 15.6. The van der Waals surface area contributed by atoms with Crippen molar-refractivity contribution < 1.29 is 4.79 Å². The quantitative estimate of drug-likeness (QED) is 0.653. The van der Waals surface area contributed by atoms with Crippen LogP contribution in [0.1, 0.15) is 56.1 Å². The zero-order chi connectivity index (χ0) is 19.6. The average Bonchev–Trinajstić information content (AvgIpc) is 2.61. The predicted octanol–water partition coefficient (Wildman–Crippen LogP) is 4.26. The molecule has 0 fully saturated rings. The number of pyridine rings is 1. The third-order valence-electron chi connectivity index (χ3n) is 4.72. The number of hydrazone groups is 1. The van der Waals surface area contributed by atoms with Crippen molar-refractivity contribution in [2.45, 2.75) is 46.2 Å². The number of hydrogen-bond acceptors (Lipinski definition) is 4. The molecule has 5 heteroatoms. The van der Waals surface area contributed by atoms with E-state index in [0.717, 1.165) is 5.56 Å². The summed E-state index contributed by atoms with van der Waals surface area (Å²) in [5.41, 5.74) is 7.62. The van der Waals surface area contributed by atoms with Gasteiger partial charge < -0.3 is 4.90 Å². The van der Waals surface area contributed by atoms with Gasteiger partial charge in [0, 0.05) is 29.7 Å². The predicted molar refractivity (Wildman–Crippen MR) is 111 cm³/mol. The van der Waals surface area contributed by atoms with Crippen molar-refractivity contribution in [3.8, 4) is 0 Å². The summed E-state index contributed by atoms with van der Waals surface area (Å²) in [4.78, 5) is 18.4. The molecule has 1 amide bonds. The van der Waals surface area contributed by atoms with E-state index >= 15 is 0 Å². The molecular weight excluding hydrogens is 336 g/mol. The molecule has 0 saturated heterocycles. The molecule has 1 aromatic heterocycles. The van der Waals surface area contributed by atoms with E-state index in [2.05, 4.69) is 73.2 Å². The Labute approximate surface area is 160 Å². The summed E-state index contributed by atoms with van der Waals surface area (Å²) in [6.45, 7) is 11.0. The number of hydrogen-bond donors (Lipinski definition) is 1. The number of anilines is 1. The fraction of sp³-hybridized carbons (Fsp3) is 0.318. The zero-order valence-electron chi connectivity index (χ0n) is 16.5. The van der Waals surface area contributed by atoms with Crippen LogP contribution >= 0.6 is 0 Å². The van der Waals surface area contributed by atoms with Gasteiger partial charge in [-0.2, -0.15) is 5.10 Å². The summed E-state index contributed by atoms with van der Waals surface area (Å²) in [6.07, 6.45) is 7.12. The summed E-state index contributed by atoms with van der Waals surface area (Å²) in [5, 5.41) is 4.09. The number of carbonyl (C=O) groups is 1. The van der Waals surface area contributed by atoms with Crippen molar-refractivity contribution in [3.63, 3.8) is 0 Å². The lowest BCUT2D eigenvalue weighted by Gasteiger charge is -2.46. The molecule has 140 valence electrons. The number of amides is 1. The van der Waals surface area contributed by atoms with E-state index in [-0.39, 0.29) is 11.4 Å². The summed E-state index contributed by atoms with van der Waals surface area (Å²) >= 11 is 0. The fourth-order valence-corrected chi connectivity index (χ4v) is 3.82. The molecular formula is C22H26N4O. The van der Waals surface area contributed by atoms with Gasteiger partial charge in [0.15, 0.2) is 0 Å². The molecule has 1 aliphatic heterocycles. The Morgan fingerprint density at radius 3 is 2.74 bits per heavy atom. The molecule has 0 radical (unpaired) electrons. The Kier molecular flexibility index (Phi) is 5.13. The standard InChI is InChI=1S/C22H26N4O/c1-15(2)26-20-9-8-17(11-19(20)16(3)12-22(26,4)5)13-24-25-21(27)18-7-6-10-23-14-18/h6-15H,1-5H3,(H,25,27)/b24-13+. The van der Waals surface area contributed by atoms with Gasteiger partial charge in [0.25, 0.3) is 5.91 Å². The van der Waals surface area contributed by atoms with Crippen LogP contribution in [0.15, 0.2) is 53.9 Å². The SMILES string of the molecule is CC1=CC(C)(C)N(C(C)C)c2ccc(/C=N/NC(=O)c3cccnc3)cc21. The lowest BCUT2D eigenvalue weighted by Crippen LogP contribution is -2.49. The highest BCUT2D eigenvalue weighted by atomic mass is 16.2. The first kappa shape index (κ1) is 18.8. The molecule has 0 unspecified atom stereocenters. The van der Waals surface area contributed by atoms with Crippen molar-refractivity contribution >= 4 is 23.4 Å². The van der Waals surface area contributed by atoms with Crippen LogP contribution in [0, 0.1) is 0 Å². The molecule has 0 bridgehead atoms. The first-order valence-electron chi connectivity index (χ1n) is 9.16. The van der Waals surface area contributed by atoms with Crippen molar-refractivity contribution in [3.05, 3.63) is 65.5 Å². The zero-order valence-corrected chi connectivity index (χ0v) is 16.5. The molecule has 1 N–H and O–H groups in total. The monoisotopic (exact) mass is 362 g/mol. The Morgan fingerprint density at radius 2 is 2.07 bits per heavy atom. The van der Waals surface area contributed by atoms with Crippen molar-refractivity contribution in [1.29, 1.82) is 0 Å². The van der Waals surface area contributed by atoms with Crippen LogP contribution in [0.5, 0.6) is 0 Å². The molecule has 0 atom stereocenters. The first-order valence-corrected chi connectivity index (χ1v) is 9.16. The van der Waals surface area contributed by atoms with Gasteiger partial charge in [-0.1, -0.05) is 12.1 Å². The van der Waals surface area contributed by atoms with Gasteiger partial charge >= 0.3 is 0 Å². The first-order chi connectivity index (χ1) is 12.8. The van der Waals surface area contributed by atoms with E-state index in [0.29, 0.717) is 11.6 Å². The maximum absolute atomic E-state index is 12.0. The second-order valence-electron chi connectivity index (χ2n) is 7.66. The van der Waals surface area contributed by atoms with Gasteiger partial charge in [-0.25, -0.2) is 5.43 Å². The number of benzene rings is 1. The van der Waals surface area contributed by atoms with Crippen LogP contribution in [0.2, 0.25) is 0 Å². The number of nitrogens with zero attached hydrogens (tertiary/aromatic N) is 3. The lowest BCUT2D eigenvalue weighted by atomic mass is 9.87. The third-order valence-corrected chi connectivity index (χ3v) is 4.72. The van der Waals surface area contributed by atoms with E-state index in [9.17, 15) is 4.79 Å². The van der Waals surface area contributed by atoms with E-state index < -0.39 is 0 Å². The van der Waals surface area contributed by atoms with Crippen LogP contribution in [0.3, 0.4) is 0 Å². The van der Waals surface area contributed by atoms with E-state index in [1.165, 1.54) is 23.0 Å². The van der Waals surface area contributed by atoms with Crippen LogP contribution < -0.4 is 10.3 Å². The number of nitrogens with one attached hydrogen (secondary N) is 1. The minimum Gasteiger partial charge on any atom is -0.360 e. The van der Waals surface area contributed by atoms with Crippen molar-refractivity contribution in [1.82, 2.24) is 10.4 Å². The average molecular weight is 362 g/mol. The Balaban J connectivity index is 1.82. The minimum absolute atomic E-state index is 0.0292. The molecule has 1 aromatic carbocycles. The molecule has 5 nitrogen and oxygen atoms in total. The second kappa shape index (κ2) is 7.35. The molecule has 27 heavy (non-hydrogen) atoms. The smallest absolute Gasteiger partial charge is 0.272 e. The number of rotatable bonds is 4. The molecule has 2 aromatic rings. The lowest BCUT2D eigenvalue weighted by molar-refractivity contribution is 0.0955. The van der Waals surface area contributed by atoms with Crippen LogP contribution in [0.25, 0.3) is 5.57 Å². The van der Waals surface area contributed by atoms with Gasteiger partial charge in [-0.3, -0.25) is 9.78 Å². The fourth-order valence-electron chi connectivity index (χ4n) is 3.82. The molecule has 2 heterocycles. The van der Waals surface area contributed by atoms with E-state index in [1.54, 1.807) is 24.5 Å². The minimum atomic E-state index is -0.277. The number of fused-ring (bicyclic) bond motifs is 1. The number of aromatic nitrogens is 1. The van der Waals surface area contributed by atoms with Crippen molar-refractivity contribution in [2.24, 2.45) is 5.10 Å². The summed E-state index contributed by atoms with van der Waals surface area (Å²) < 4.78 is 0. The molecule has 0 saturated carbocycles. The highest BCUT2D eigenvalue weighted by molar-refractivity contribution is 5.95. The largest absolute Gasteiger partial charge is 0.360 e. The van der Waals surface area contributed by atoms with Crippen LogP contribution in [-0.4, -0.2) is 28.7 Å². The molecule has 0 aliphatic carbocycles. The Bertz CT molecular complexity index is 898. The maximum atomic E-state index is 12.0. The number of allylic oxidation sites excluding steroid dienone is 1.